The van der Waals surface area contributed by atoms with Crippen LogP contribution in [-0.4, -0.2) is 43.1 Å². The topological polar surface area (TPSA) is 103 Å². The Kier molecular flexibility index (Phi) is 5.46. The molecule has 6 rings (SSSR count). The number of hydrogen-bond donors (Lipinski definition) is 1. The van der Waals surface area contributed by atoms with E-state index in [2.05, 4.69) is 5.16 Å². The van der Waals surface area contributed by atoms with Crippen molar-refractivity contribution in [3.05, 3.63) is 92.8 Å². The smallest absolute Gasteiger partial charge is 0.348 e. The maximum atomic E-state index is 13.7. The summed E-state index contributed by atoms with van der Waals surface area (Å²) >= 11 is 0. The lowest BCUT2D eigenvalue weighted by Crippen LogP contribution is -2.53. The summed E-state index contributed by atoms with van der Waals surface area (Å²) in [6, 6.07) is 18.3. The van der Waals surface area contributed by atoms with Gasteiger partial charge in [0.2, 0.25) is 0 Å². The number of oxime groups is 1. The molecule has 35 heavy (non-hydrogen) atoms. The van der Waals surface area contributed by atoms with Crippen LogP contribution in [0, 0.1) is 5.92 Å². The molecule has 2 aliphatic heterocycles. The Balaban J connectivity index is 1.36. The van der Waals surface area contributed by atoms with E-state index in [1.807, 2.05) is 67.6 Å². The van der Waals surface area contributed by atoms with E-state index in [1.54, 1.807) is 0 Å². The summed E-state index contributed by atoms with van der Waals surface area (Å²) in [5.41, 5.74) is 1.84. The molecule has 3 heterocycles. The molecule has 9 nitrogen and oxygen atoms in total. The largest absolute Gasteiger partial charge is 0.391 e. The predicted octanol–water partition coefficient (Wildman–Crippen LogP) is 2.09. The normalized spacial score (nSPS) is 28.6. The van der Waals surface area contributed by atoms with E-state index in [9.17, 15) is 14.7 Å². The van der Waals surface area contributed by atoms with Crippen LogP contribution in [-0.2, 0) is 22.7 Å². The number of benzene rings is 2. The maximum Gasteiger partial charge on any atom is 0.348 e. The van der Waals surface area contributed by atoms with Gasteiger partial charge in [0.1, 0.15) is 24.9 Å². The van der Waals surface area contributed by atoms with Gasteiger partial charge in [0.05, 0.1) is 17.8 Å². The second-order valence-electron chi connectivity index (χ2n) is 9.41. The van der Waals surface area contributed by atoms with Crippen LogP contribution in [0.2, 0.25) is 0 Å². The SMILES string of the molecule is CC[C@@H](c1ccccc1)n1c(=O)n2n(c1=O)[C@H]1[C@H](O)[C@@H]3O[C@H]3C(=NOCc3ccccc3)[C@H]1CC2. The van der Waals surface area contributed by atoms with Gasteiger partial charge in [0.15, 0.2) is 0 Å². The van der Waals surface area contributed by atoms with Gasteiger partial charge in [0.25, 0.3) is 0 Å². The van der Waals surface area contributed by atoms with Crippen molar-refractivity contribution < 1.29 is 14.7 Å². The molecule has 3 aromatic rings. The third kappa shape index (κ3) is 3.57. The van der Waals surface area contributed by atoms with Crippen molar-refractivity contribution in [1.29, 1.82) is 0 Å². The molecule has 1 saturated heterocycles. The lowest BCUT2D eigenvalue weighted by molar-refractivity contribution is 0.0319. The molecule has 0 amide bonds. The van der Waals surface area contributed by atoms with Crippen LogP contribution in [0.4, 0.5) is 0 Å². The zero-order valence-electron chi connectivity index (χ0n) is 19.4. The summed E-state index contributed by atoms with van der Waals surface area (Å²) in [5, 5.41) is 15.5. The molecule has 3 aliphatic rings. The first-order chi connectivity index (χ1) is 17.1. The molecular formula is C26H28N4O5. The second-order valence-corrected chi connectivity index (χ2v) is 9.41. The highest BCUT2D eigenvalue weighted by Crippen LogP contribution is 2.46. The molecule has 1 aromatic heterocycles. The third-order valence-corrected chi connectivity index (χ3v) is 7.45. The number of fused-ring (bicyclic) bond motifs is 4. The minimum atomic E-state index is -0.908. The Bertz CT molecular complexity index is 1360. The fourth-order valence-corrected chi connectivity index (χ4v) is 5.72. The Morgan fingerprint density at radius 3 is 2.51 bits per heavy atom. The average Bonchev–Trinajstić information content (AvgIpc) is 3.66. The number of epoxide rings is 1. The van der Waals surface area contributed by atoms with Crippen LogP contribution in [0.15, 0.2) is 75.4 Å². The first-order valence-corrected chi connectivity index (χ1v) is 12.2. The highest BCUT2D eigenvalue weighted by Gasteiger charge is 2.61. The van der Waals surface area contributed by atoms with Gasteiger partial charge in [-0.05, 0) is 24.0 Å². The van der Waals surface area contributed by atoms with Crippen LogP contribution in [0.3, 0.4) is 0 Å². The maximum absolute atomic E-state index is 13.7. The van der Waals surface area contributed by atoms with Crippen molar-refractivity contribution in [1.82, 2.24) is 13.9 Å². The van der Waals surface area contributed by atoms with Crippen LogP contribution in [0.25, 0.3) is 0 Å². The highest BCUT2D eigenvalue weighted by atomic mass is 16.6. The first-order valence-electron chi connectivity index (χ1n) is 12.2. The average molecular weight is 477 g/mol. The molecule has 1 aliphatic carbocycles. The van der Waals surface area contributed by atoms with E-state index in [1.165, 1.54) is 13.9 Å². The number of ether oxygens (including phenoxy) is 1. The molecule has 182 valence electrons. The van der Waals surface area contributed by atoms with Crippen molar-refractivity contribution in [3.63, 3.8) is 0 Å². The van der Waals surface area contributed by atoms with Crippen molar-refractivity contribution in [2.45, 2.75) is 63.3 Å². The number of aliphatic hydroxyl groups is 1. The van der Waals surface area contributed by atoms with Gasteiger partial charge in [-0.1, -0.05) is 72.7 Å². The van der Waals surface area contributed by atoms with Crippen LogP contribution >= 0.6 is 0 Å². The molecule has 0 unspecified atom stereocenters. The van der Waals surface area contributed by atoms with E-state index < -0.39 is 23.9 Å². The molecule has 2 aromatic carbocycles. The molecule has 9 heteroatoms. The van der Waals surface area contributed by atoms with E-state index >= 15 is 0 Å². The Labute approximate surface area is 201 Å². The standard InChI is InChI=1S/C26H28N4O5/c1-2-19(17-11-7-4-8-12-17)29-25(32)28-14-13-18-20(27-34-15-16-9-5-3-6-10-16)23-24(35-23)22(31)21(18)30(28)26(29)33/h3-12,18-19,21-24,31H,2,13-15H2,1H3/t18-,19+,21-,22+,23+,24+/m1/s1. The minimum Gasteiger partial charge on any atom is -0.391 e. The highest BCUT2D eigenvalue weighted by molar-refractivity contribution is 5.94. The van der Waals surface area contributed by atoms with Gasteiger partial charge in [-0.15, -0.1) is 0 Å². The number of hydrogen-bond acceptors (Lipinski definition) is 6. The molecule has 2 fully saturated rings. The quantitative estimate of drug-likeness (QED) is 0.434. The number of rotatable bonds is 6. The summed E-state index contributed by atoms with van der Waals surface area (Å²) in [4.78, 5) is 32.8. The van der Waals surface area contributed by atoms with Crippen LogP contribution < -0.4 is 11.4 Å². The van der Waals surface area contributed by atoms with Gasteiger partial charge in [-0.2, -0.15) is 0 Å². The number of aromatic nitrogens is 3. The van der Waals surface area contributed by atoms with E-state index in [-0.39, 0.29) is 23.8 Å². The predicted molar refractivity (Wildman–Crippen MR) is 128 cm³/mol. The molecule has 0 radical (unpaired) electrons. The van der Waals surface area contributed by atoms with Gasteiger partial charge >= 0.3 is 11.4 Å². The first kappa shape index (κ1) is 22.1. The molecule has 6 atom stereocenters. The Morgan fingerprint density at radius 2 is 1.80 bits per heavy atom. The van der Waals surface area contributed by atoms with Crippen molar-refractivity contribution >= 4 is 5.71 Å². The monoisotopic (exact) mass is 476 g/mol. The fourth-order valence-electron chi connectivity index (χ4n) is 5.72. The summed E-state index contributed by atoms with van der Waals surface area (Å²) in [6.45, 7) is 2.63. The number of nitrogens with zero attached hydrogens (tertiary/aromatic N) is 4. The van der Waals surface area contributed by atoms with Gasteiger partial charge in [-0.25, -0.2) is 23.5 Å². The summed E-state index contributed by atoms with van der Waals surface area (Å²) in [6.07, 6.45) is -0.524. The summed E-state index contributed by atoms with van der Waals surface area (Å²) in [5.74, 6) is -0.255. The fraction of sp³-hybridized carbons (Fsp3) is 0.423. The Morgan fingerprint density at radius 1 is 1.09 bits per heavy atom. The molecule has 0 spiro atoms. The molecular weight excluding hydrogens is 448 g/mol. The van der Waals surface area contributed by atoms with E-state index in [0.29, 0.717) is 31.7 Å². The van der Waals surface area contributed by atoms with Crippen molar-refractivity contribution in [3.8, 4) is 0 Å². The number of aliphatic hydroxyl groups excluding tert-OH is 1. The summed E-state index contributed by atoms with van der Waals surface area (Å²) in [7, 11) is 0. The van der Waals surface area contributed by atoms with E-state index in [4.69, 9.17) is 9.57 Å². The zero-order valence-corrected chi connectivity index (χ0v) is 19.4. The Hall–Kier alpha value is -3.43. The lowest BCUT2D eigenvalue weighted by atomic mass is 9.78. The summed E-state index contributed by atoms with van der Waals surface area (Å²) < 4.78 is 10.0. The zero-order chi connectivity index (χ0) is 24.1. The molecule has 1 N–H and O–H groups in total. The van der Waals surface area contributed by atoms with Gasteiger partial charge in [-0.3, -0.25) is 0 Å². The lowest BCUT2D eigenvalue weighted by Gasteiger charge is -2.38. The van der Waals surface area contributed by atoms with Crippen molar-refractivity contribution in [2.24, 2.45) is 11.1 Å². The molecule has 1 saturated carbocycles. The van der Waals surface area contributed by atoms with Crippen molar-refractivity contribution in [2.75, 3.05) is 0 Å². The minimum absolute atomic E-state index is 0.255. The van der Waals surface area contributed by atoms with E-state index in [0.717, 1.165) is 11.1 Å². The van der Waals surface area contributed by atoms with Crippen LogP contribution in [0.1, 0.15) is 43.0 Å². The van der Waals surface area contributed by atoms with Gasteiger partial charge < -0.3 is 14.7 Å². The van der Waals surface area contributed by atoms with Crippen LogP contribution in [0.5, 0.6) is 0 Å². The molecule has 0 bridgehead atoms. The third-order valence-electron chi connectivity index (χ3n) is 7.45. The van der Waals surface area contributed by atoms with Gasteiger partial charge in [0, 0.05) is 12.5 Å². The second kappa shape index (κ2) is 8.66.